The summed E-state index contributed by atoms with van der Waals surface area (Å²) in [5.74, 6) is 0.146. The number of likely N-dealkylation sites (N-methyl/N-ethyl adjacent to an activating group) is 1. The molecule has 2 atom stereocenters. The minimum absolute atomic E-state index is 0.146. The van der Waals surface area contributed by atoms with E-state index in [1.54, 1.807) is 4.90 Å². The molecule has 1 amide bonds. The number of carbonyl (C=O) groups is 1. The maximum atomic E-state index is 12.0. The third kappa shape index (κ3) is 3.96. The standard InChI is InChI=1S/C13H26N2O2/c1-10(2)14(4)13(17)9-15-8-6-5-7-12(15)11(3)16/h10-12,16H,5-9H2,1-4H3/t11-,12-/m1/s1. The van der Waals surface area contributed by atoms with Crippen molar-refractivity contribution in [1.29, 1.82) is 0 Å². The molecule has 0 aromatic carbocycles. The van der Waals surface area contributed by atoms with Crippen LogP contribution in [0.5, 0.6) is 0 Å². The number of aliphatic hydroxyl groups excluding tert-OH is 1. The lowest BCUT2D eigenvalue weighted by Gasteiger charge is -2.38. The Balaban J connectivity index is 2.56. The first kappa shape index (κ1) is 14.5. The fourth-order valence-corrected chi connectivity index (χ4v) is 2.33. The van der Waals surface area contributed by atoms with Gasteiger partial charge in [-0.25, -0.2) is 0 Å². The highest BCUT2D eigenvalue weighted by molar-refractivity contribution is 5.78. The van der Waals surface area contributed by atoms with Crippen LogP contribution in [0.3, 0.4) is 0 Å². The van der Waals surface area contributed by atoms with E-state index in [4.69, 9.17) is 0 Å². The van der Waals surface area contributed by atoms with Crippen LogP contribution in [0.1, 0.15) is 40.0 Å². The van der Waals surface area contributed by atoms with Gasteiger partial charge in [-0.05, 0) is 40.2 Å². The molecule has 1 aliphatic heterocycles. The molecular weight excluding hydrogens is 216 g/mol. The van der Waals surface area contributed by atoms with E-state index in [0.717, 1.165) is 25.8 Å². The molecule has 1 fully saturated rings. The minimum Gasteiger partial charge on any atom is -0.392 e. The number of hydrogen-bond acceptors (Lipinski definition) is 3. The van der Waals surface area contributed by atoms with E-state index in [9.17, 15) is 9.90 Å². The number of hydrogen-bond donors (Lipinski definition) is 1. The minimum atomic E-state index is -0.354. The van der Waals surface area contributed by atoms with Crippen molar-refractivity contribution in [2.75, 3.05) is 20.1 Å². The third-order valence-corrected chi connectivity index (χ3v) is 3.73. The summed E-state index contributed by atoms with van der Waals surface area (Å²) in [5, 5.41) is 9.74. The summed E-state index contributed by atoms with van der Waals surface area (Å²) < 4.78 is 0. The van der Waals surface area contributed by atoms with E-state index in [1.807, 2.05) is 27.8 Å². The topological polar surface area (TPSA) is 43.8 Å². The van der Waals surface area contributed by atoms with Crippen LogP contribution in [-0.2, 0) is 4.79 Å². The summed E-state index contributed by atoms with van der Waals surface area (Å²) >= 11 is 0. The van der Waals surface area contributed by atoms with Crippen LogP contribution in [0.2, 0.25) is 0 Å². The van der Waals surface area contributed by atoms with Crippen molar-refractivity contribution in [3.63, 3.8) is 0 Å². The molecule has 1 aliphatic rings. The van der Waals surface area contributed by atoms with Crippen LogP contribution in [0.15, 0.2) is 0 Å². The first-order valence-corrected chi connectivity index (χ1v) is 6.61. The highest BCUT2D eigenvalue weighted by Crippen LogP contribution is 2.19. The second-order valence-electron chi connectivity index (χ2n) is 5.37. The maximum absolute atomic E-state index is 12.0. The number of aliphatic hydroxyl groups is 1. The fourth-order valence-electron chi connectivity index (χ4n) is 2.33. The van der Waals surface area contributed by atoms with Crippen molar-refractivity contribution in [3.8, 4) is 0 Å². The average Bonchev–Trinajstić information content (AvgIpc) is 2.28. The Bertz CT molecular complexity index is 254. The Morgan fingerprint density at radius 3 is 2.59 bits per heavy atom. The van der Waals surface area contributed by atoms with Crippen molar-refractivity contribution in [2.45, 2.75) is 58.2 Å². The van der Waals surface area contributed by atoms with Crippen molar-refractivity contribution >= 4 is 5.91 Å². The largest absolute Gasteiger partial charge is 0.392 e. The summed E-state index contributed by atoms with van der Waals surface area (Å²) in [6.07, 6.45) is 2.92. The summed E-state index contributed by atoms with van der Waals surface area (Å²) in [4.78, 5) is 15.9. The highest BCUT2D eigenvalue weighted by Gasteiger charge is 2.28. The molecule has 1 heterocycles. The van der Waals surface area contributed by atoms with Crippen LogP contribution in [0, 0.1) is 0 Å². The zero-order chi connectivity index (χ0) is 13.0. The van der Waals surface area contributed by atoms with Crippen LogP contribution in [-0.4, -0.2) is 59.1 Å². The van der Waals surface area contributed by atoms with Crippen molar-refractivity contribution in [1.82, 2.24) is 9.80 Å². The van der Waals surface area contributed by atoms with Gasteiger partial charge >= 0.3 is 0 Å². The van der Waals surface area contributed by atoms with Crippen molar-refractivity contribution in [2.24, 2.45) is 0 Å². The van der Waals surface area contributed by atoms with Gasteiger partial charge < -0.3 is 10.0 Å². The maximum Gasteiger partial charge on any atom is 0.236 e. The van der Waals surface area contributed by atoms with E-state index in [2.05, 4.69) is 4.90 Å². The van der Waals surface area contributed by atoms with E-state index >= 15 is 0 Å². The molecule has 1 saturated heterocycles. The van der Waals surface area contributed by atoms with Gasteiger partial charge in [0.15, 0.2) is 0 Å². The molecule has 0 bridgehead atoms. The molecule has 0 aromatic rings. The number of carbonyl (C=O) groups excluding carboxylic acids is 1. The summed E-state index contributed by atoms with van der Waals surface area (Å²) in [6.45, 7) is 7.21. The van der Waals surface area contributed by atoms with Gasteiger partial charge in [0.1, 0.15) is 0 Å². The van der Waals surface area contributed by atoms with Crippen LogP contribution in [0.25, 0.3) is 0 Å². The predicted molar refractivity (Wildman–Crippen MR) is 68.8 cm³/mol. The normalized spacial score (nSPS) is 23.8. The van der Waals surface area contributed by atoms with E-state index in [-0.39, 0.29) is 24.1 Å². The lowest BCUT2D eigenvalue weighted by molar-refractivity contribution is -0.134. The van der Waals surface area contributed by atoms with E-state index < -0.39 is 0 Å². The summed E-state index contributed by atoms with van der Waals surface area (Å²) in [6, 6.07) is 0.380. The molecule has 0 spiro atoms. The molecule has 4 heteroatoms. The second kappa shape index (κ2) is 6.36. The van der Waals surface area contributed by atoms with Crippen molar-refractivity contribution in [3.05, 3.63) is 0 Å². The zero-order valence-electron chi connectivity index (χ0n) is 11.5. The number of piperidine rings is 1. The highest BCUT2D eigenvalue weighted by atomic mass is 16.3. The predicted octanol–water partition coefficient (Wildman–Crippen LogP) is 1.09. The Morgan fingerprint density at radius 1 is 1.41 bits per heavy atom. The lowest BCUT2D eigenvalue weighted by atomic mass is 9.98. The van der Waals surface area contributed by atoms with Gasteiger partial charge in [0, 0.05) is 19.1 Å². The Hall–Kier alpha value is -0.610. The monoisotopic (exact) mass is 242 g/mol. The quantitative estimate of drug-likeness (QED) is 0.802. The third-order valence-electron chi connectivity index (χ3n) is 3.73. The fraction of sp³-hybridized carbons (Fsp3) is 0.923. The van der Waals surface area contributed by atoms with Gasteiger partial charge in [-0.3, -0.25) is 9.69 Å². The molecule has 0 unspecified atom stereocenters. The molecule has 0 aromatic heterocycles. The molecule has 17 heavy (non-hydrogen) atoms. The van der Waals surface area contributed by atoms with Gasteiger partial charge in [-0.15, -0.1) is 0 Å². The summed E-state index contributed by atoms with van der Waals surface area (Å²) in [5.41, 5.74) is 0. The van der Waals surface area contributed by atoms with Gasteiger partial charge in [0.05, 0.1) is 12.6 Å². The molecule has 100 valence electrons. The molecular formula is C13H26N2O2. The molecule has 1 N–H and O–H groups in total. The molecule has 0 aliphatic carbocycles. The average molecular weight is 242 g/mol. The van der Waals surface area contributed by atoms with Gasteiger partial charge in [0.25, 0.3) is 0 Å². The van der Waals surface area contributed by atoms with Crippen LogP contribution >= 0.6 is 0 Å². The molecule has 0 radical (unpaired) electrons. The number of amides is 1. The SMILES string of the molecule is CC(C)N(C)C(=O)CN1CCCC[C@@H]1[C@@H](C)O. The second-order valence-corrected chi connectivity index (χ2v) is 5.37. The van der Waals surface area contributed by atoms with Gasteiger partial charge in [-0.2, -0.15) is 0 Å². The van der Waals surface area contributed by atoms with Crippen molar-refractivity contribution < 1.29 is 9.90 Å². The molecule has 4 nitrogen and oxygen atoms in total. The van der Waals surface area contributed by atoms with Gasteiger partial charge in [0.2, 0.25) is 5.91 Å². The smallest absolute Gasteiger partial charge is 0.236 e. The Labute approximate surface area is 105 Å². The van der Waals surface area contributed by atoms with E-state index in [0.29, 0.717) is 6.54 Å². The van der Waals surface area contributed by atoms with E-state index in [1.165, 1.54) is 0 Å². The lowest BCUT2D eigenvalue weighted by Crippen LogP contribution is -2.50. The summed E-state index contributed by atoms with van der Waals surface area (Å²) in [7, 11) is 1.84. The first-order chi connectivity index (χ1) is 7.93. The Kier molecular flexibility index (Phi) is 5.40. The number of nitrogens with zero attached hydrogens (tertiary/aromatic N) is 2. The number of likely N-dealkylation sites (tertiary alicyclic amines) is 1. The molecule has 0 saturated carbocycles. The number of rotatable bonds is 4. The first-order valence-electron chi connectivity index (χ1n) is 6.61. The van der Waals surface area contributed by atoms with Crippen LogP contribution in [0.4, 0.5) is 0 Å². The zero-order valence-corrected chi connectivity index (χ0v) is 11.5. The van der Waals surface area contributed by atoms with Gasteiger partial charge in [-0.1, -0.05) is 6.42 Å². The molecule has 1 rings (SSSR count). The Morgan fingerprint density at radius 2 is 2.06 bits per heavy atom. The van der Waals surface area contributed by atoms with Crippen LogP contribution < -0.4 is 0 Å².